The maximum atomic E-state index is 12.7. The molecule has 0 spiro atoms. The predicted molar refractivity (Wildman–Crippen MR) is 110 cm³/mol. The number of aryl methyl sites for hydroxylation is 1. The van der Waals surface area contributed by atoms with E-state index in [9.17, 15) is 14.4 Å². The summed E-state index contributed by atoms with van der Waals surface area (Å²) in [6.07, 6.45) is 5.44. The molecule has 2 aromatic carbocycles. The summed E-state index contributed by atoms with van der Waals surface area (Å²) in [6, 6.07) is 12.8. The van der Waals surface area contributed by atoms with Gasteiger partial charge in [-0.15, -0.1) is 6.42 Å². The molecule has 1 aliphatic heterocycles. The van der Waals surface area contributed by atoms with Crippen LogP contribution in [-0.2, 0) is 11.3 Å². The molecule has 0 N–H and O–H groups in total. The van der Waals surface area contributed by atoms with Crippen LogP contribution in [-0.4, -0.2) is 40.6 Å². The van der Waals surface area contributed by atoms with Crippen molar-refractivity contribution in [3.63, 3.8) is 0 Å². The Balaban J connectivity index is 1.66. The molecule has 0 saturated carbocycles. The Morgan fingerprint density at radius 2 is 1.79 bits per heavy atom. The lowest BCUT2D eigenvalue weighted by Crippen LogP contribution is -2.36. The lowest BCUT2D eigenvalue weighted by atomic mass is 10.1. The first-order chi connectivity index (χ1) is 13.4. The average molecular weight is 439 g/mol. The number of nitrogens with zero attached hydrogens (tertiary/aromatic N) is 2. The van der Waals surface area contributed by atoms with Crippen molar-refractivity contribution < 1.29 is 14.4 Å². The minimum atomic E-state index is -0.379. The molecule has 3 amide bonds. The second-order valence-electron chi connectivity index (χ2n) is 6.64. The Hall–Kier alpha value is -2.91. The summed E-state index contributed by atoms with van der Waals surface area (Å²) >= 11 is 3.31. The molecule has 1 heterocycles. The van der Waals surface area contributed by atoms with Crippen LogP contribution in [0.5, 0.6) is 0 Å². The minimum Gasteiger partial charge on any atom is -0.327 e. The molecule has 3 rings (SSSR count). The highest BCUT2D eigenvalue weighted by Gasteiger charge is 2.35. The van der Waals surface area contributed by atoms with Gasteiger partial charge in [-0.05, 0) is 30.7 Å². The smallest absolute Gasteiger partial charge is 0.261 e. The molecule has 5 nitrogen and oxygen atoms in total. The van der Waals surface area contributed by atoms with E-state index in [2.05, 4.69) is 21.9 Å². The molecule has 0 unspecified atom stereocenters. The highest BCUT2D eigenvalue weighted by molar-refractivity contribution is 9.10. The van der Waals surface area contributed by atoms with Gasteiger partial charge in [0.25, 0.3) is 11.8 Å². The van der Waals surface area contributed by atoms with Gasteiger partial charge in [-0.1, -0.05) is 51.7 Å². The van der Waals surface area contributed by atoms with Crippen LogP contribution in [0.3, 0.4) is 0 Å². The molecule has 6 heteroatoms. The molecule has 0 saturated heterocycles. The predicted octanol–water partition coefficient (Wildman–Crippen LogP) is 3.41. The van der Waals surface area contributed by atoms with Gasteiger partial charge < -0.3 is 4.90 Å². The fourth-order valence-corrected chi connectivity index (χ4v) is 3.45. The van der Waals surface area contributed by atoms with E-state index < -0.39 is 0 Å². The van der Waals surface area contributed by atoms with Crippen LogP contribution in [0.15, 0.2) is 46.9 Å². The quantitative estimate of drug-likeness (QED) is 0.512. The van der Waals surface area contributed by atoms with E-state index in [1.54, 1.807) is 23.1 Å². The van der Waals surface area contributed by atoms with Crippen LogP contribution >= 0.6 is 15.9 Å². The topological polar surface area (TPSA) is 57.7 Å². The van der Waals surface area contributed by atoms with E-state index in [0.29, 0.717) is 17.7 Å². The van der Waals surface area contributed by atoms with Crippen molar-refractivity contribution in [2.75, 3.05) is 13.1 Å². The van der Waals surface area contributed by atoms with Crippen molar-refractivity contribution in [2.45, 2.75) is 19.9 Å². The first kappa shape index (κ1) is 19.8. The number of terminal acetylenes is 1. The maximum absolute atomic E-state index is 12.7. The molecule has 0 atom stereocenters. The van der Waals surface area contributed by atoms with Crippen LogP contribution in [0.1, 0.15) is 38.3 Å². The number of rotatable bonds is 6. The molecule has 0 bridgehead atoms. The van der Waals surface area contributed by atoms with Gasteiger partial charge in [0, 0.05) is 24.0 Å². The molecule has 142 valence electrons. The van der Waals surface area contributed by atoms with Gasteiger partial charge in [-0.25, -0.2) is 0 Å². The normalized spacial score (nSPS) is 12.7. The van der Waals surface area contributed by atoms with Gasteiger partial charge >= 0.3 is 0 Å². The van der Waals surface area contributed by atoms with Crippen molar-refractivity contribution in [1.82, 2.24) is 9.80 Å². The van der Waals surface area contributed by atoms with Gasteiger partial charge in [0.15, 0.2) is 0 Å². The van der Waals surface area contributed by atoms with Crippen LogP contribution < -0.4 is 0 Å². The molecular weight excluding hydrogens is 420 g/mol. The zero-order valence-electron chi connectivity index (χ0n) is 15.4. The van der Waals surface area contributed by atoms with Crippen molar-refractivity contribution in [3.05, 3.63) is 69.2 Å². The molecule has 0 aliphatic carbocycles. The monoisotopic (exact) mass is 438 g/mol. The Kier molecular flexibility index (Phi) is 5.96. The maximum Gasteiger partial charge on any atom is 0.261 e. The Morgan fingerprint density at radius 3 is 2.46 bits per heavy atom. The first-order valence-corrected chi connectivity index (χ1v) is 9.62. The number of hydrogen-bond acceptors (Lipinski definition) is 3. The Bertz CT molecular complexity index is 976. The number of carbonyl (C=O) groups is 3. The first-order valence-electron chi connectivity index (χ1n) is 8.83. The molecule has 2 aromatic rings. The number of amides is 3. The lowest BCUT2D eigenvalue weighted by Gasteiger charge is -2.22. The second kappa shape index (κ2) is 8.41. The van der Waals surface area contributed by atoms with Crippen molar-refractivity contribution in [2.24, 2.45) is 0 Å². The van der Waals surface area contributed by atoms with E-state index >= 15 is 0 Å². The van der Waals surface area contributed by atoms with E-state index in [1.165, 1.54) is 0 Å². The molecular formula is C22H19BrN2O3. The summed E-state index contributed by atoms with van der Waals surface area (Å²) in [5.74, 6) is 1.55. The molecule has 1 aliphatic rings. The van der Waals surface area contributed by atoms with Crippen molar-refractivity contribution in [1.29, 1.82) is 0 Å². The number of hydrogen-bond donors (Lipinski definition) is 0. The fourth-order valence-electron chi connectivity index (χ4n) is 3.09. The third-order valence-electron chi connectivity index (χ3n) is 4.61. The third kappa shape index (κ3) is 4.15. The van der Waals surface area contributed by atoms with Crippen LogP contribution in [0, 0.1) is 19.3 Å². The molecule has 28 heavy (non-hydrogen) atoms. The zero-order chi connectivity index (χ0) is 20.3. The summed E-state index contributed by atoms with van der Waals surface area (Å²) in [7, 11) is 0. The lowest BCUT2D eigenvalue weighted by molar-refractivity contribution is -0.131. The van der Waals surface area contributed by atoms with Gasteiger partial charge in [0.2, 0.25) is 5.91 Å². The second-order valence-corrected chi connectivity index (χ2v) is 7.56. The zero-order valence-corrected chi connectivity index (χ0v) is 17.0. The number of fused-ring (bicyclic) bond motifs is 1. The third-order valence-corrected chi connectivity index (χ3v) is 5.10. The molecule has 0 radical (unpaired) electrons. The summed E-state index contributed by atoms with van der Waals surface area (Å²) < 4.78 is 0.726. The fraction of sp³-hybridized carbons (Fsp3) is 0.227. The average Bonchev–Trinajstić information content (AvgIpc) is 2.91. The summed E-state index contributed by atoms with van der Waals surface area (Å²) in [6.45, 7) is 2.58. The van der Waals surface area contributed by atoms with Gasteiger partial charge in [-0.3, -0.25) is 19.3 Å². The van der Waals surface area contributed by atoms with E-state index in [1.807, 2.05) is 31.2 Å². The van der Waals surface area contributed by atoms with E-state index in [4.69, 9.17) is 6.42 Å². The molecule has 0 fully saturated rings. The van der Waals surface area contributed by atoms with Gasteiger partial charge in [-0.2, -0.15) is 0 Å². The molecule has 0 aromatic heterocycles. The Labute approximate surface area is 172 Å². The van der Waals surface area contributed by atoms with Gasteiger partial charge in [0.05, 0.1) is 17.7 Å². The minimum absolute atomic E-state index is 0.0256. The van der Waals surface area contributed by atoms with Crippen LogP contribution in [0.2, 0.25) is 0 Å². The number of halogens is 1. The highest BCUT2D eigenvalue weighted by atomic mass is 79.9. The summed E-state index contributed by atoms with van der Waals surface area (Å²) in [5.41, 5.74) is 2.82. The van der Waals surface area contributed by atoms with Crippen molar-refractivity contribution >= 4 is 33.7 Å². The highest BCUT2D eigenvalue weighted by Crippen LogP contribution is 2.26. The van der Waals surface area contributed by atoms with E-state index in [0.717, 1.165) is 20.5 Å². The standard InChI is InChI=1S/C22H19BrN2O3/c1-3-11-24(14-16-6-4-15(2)5-7-16)20(26)10-12-25-21(27)18-9-8-17(23)13-19(18)22(25)28/h1,4-9,13H,10-12,14H2,2H3. The van der Waals surface area contributed by atoms with Crippen LogP contribution in [0.25, 0.3) is 0 Å². The number of imide groups is 1. The summed E-state index contributed by atoms with van der Waals surface area (Å²) in [4.78, 5) is 40.3. The number of carbonyl (C=O) groups excluding carboxylic acids is 3. The van der Waals surface area contributed by atoms with Gasteiger partial charge in [0.1, 0.15) is 0 Å². The van der Waals surface area contributed by atoms with E-state index in [-0.39, 0.29) is 37.2 Å². The van der Waals surface area contributed by atoms with Crippen LogP contribution in [0.4, 0.5) is 0 Å². The Morgan fingerprint density at radius 1 is 1.11 bits per heavy atom. The number of benzene rings is 2. The largest absolute Gasteiger partial charge is 0.327 e. The SMILES string of the molecule is C#CCN(Cc1ccc(C)cc1)C(=O)CCN1C(=O)c2ccc(Br)cc2C1=O. The van der Waals surface area contributed by atoms with Crippen molar-refractivity contribution in [3.8, 4) is 12.3 Å². The summed E-state index contributed by atoms with van der Waals surface area (Å²) in [5, 5.41) is 0.